The molecule has 0 spiro atoms. The van der Waals surface area contributed by atoms with E-state index in [0.29, 0.717) is 27.4 Å². The fraction of sp³-hybridized carbons (Fsp3) is 0.100. The van der Waals surface area contributed by atoms with Gasteiger partial charge in [-0.3, -0.25) is 9.59 Å². The smallest absolute Gasteiger partial charge is 0.291 e. The summed E-state index contributed by atoms with van der Waals surface area (Å²) < 4.78 is 25.2. The van der Waals surface area contributed by atoms with Crippen LogP contribution in [0.25, 0.3) is 0 Å². The van der Waals surface area contributed by atoms with Gasteiger partial charge in [0, 0.05) is 17.3 Å². The van der Waals surface area contributed by atoms with Gasteiger partial charge >= 0.3 is 0 Å². The van der Waals surface area contributed by atoms with Gasteiger partial charge in [-0.15, -0.1) is 0 Å². The van der Waals surface area contributed by atoms with Crippen molar-refractivity contribution in [2.24, 2.45) is 0 Å². The molecule has 0 unspecified atom stereocenters. The normalized spacial score (nSPS) is 13.1. The number of amides is 2. The maximum Gasteiger partial charge on any atom is 0.291 e. The van der Waals surface area contributed by atoms with Gasteiger partial charge in [0.25, 0.3) is 11.8 Å². The van der Waals surface area contributed by atoms with E-state index in [1.54, 1.807) is 48.5 Å². The molecular formula is C20H14BrFN2O4. The van der Waals surface area contributed by atoms with E-state index in [1.807, 2.05) is 0 Å². The predicted molar refractivity (Wildman–Crippen MR) is 104 cm³/mol. The molecule has 0 fully saturated rings. The van der Waals surface area contributed by atoms with E-state index in [9.17, 15) is 14.0 Å². The molecule has 1 aliphatic rings. The molecule has 2 aromatic carbocycles. The molecule has 28 heavy (non-hydrogen) atoms. The zero-order valence-corrected chi connectivity index (χ0v) is 16.0. The lowest BCUT2D eigenvalue weighted by Crippen LogP contribution is -2.38. The second kappa shape index (κ2) is 7.47. The van der Waals surface area contributed by atoms with Crippen LogP contribution in [-0.2, 0) is 11.3 Å². The Morgan fingerprint density at radius 2 is 2.00 bits per heavy atom. The quantitative estimate of drug-likeness (QED) is 0.648. The van der Waals surface area contributed by atoms with Crippen LogP contribution in [0.3, 0.4) is 0 Å². The Kier molecular flexibility index (Phi) is 4.87. The molecule has 2 heterocycles. The Bertz CT molecular complexity index is 1070. The molecule has 2 amide bonds. The Morgan fingerprint density at radius 1 is 1.18 bits per heavy atom. The lowest BCUT2D eigenvalue weighted by atomic mass is 10.1. The van der Waals surface area contributed by atoms with Gasteiger partial charge in [0.2, 0.25) is 0 Å². The number of carbonyl (C=O) groups excluding carboxylic acids is 2. The fourth-order valence-electron chi connectivity index (χ4n) is 2.88. The number of nitrogens with zero attached hydrogens (tertiary/aromatic N) is 1. The second-order valence-electron chi connectivity index (χ2n) is 6.10. The second-order valence-corrected chi connectivity index (χ2v) is 6.88. The fourth-order valence-corrected chi connectivity index (χ4v) is 3.19. The van der Waals surface area contributed by atoms with E-state index < -0.39 is 5.91 Å². The highest BCUT2D eigenvalue weighted by Crippen LogP contribution is 2.35. The van der Waals surface area contributed by atoms with E-state index in [-0.39, 0.29) is 30.6 Å². The van der Waals surface area contributed by atoms with E-state index in [1.165, 1.54) is 11.0 Å². The zero-order chi connectivity index (χ0) is 19.7. The van der Waals surface area contributed by atoms with Crippen LogP contribution in [0.1, 0.15) is 16.1 Å². The first-order chi connectivity index (χ1) is 13.5. The van der Waals surface area contributed by atoms with Crippen LogP contribution in [0.4, 0.5) is 15.8 Å². The number of ether oxygens (including phenoxy) is 1. The van der Waals surface area contributed by atoms with Crippen LogP contribution in [0.2, 0.25) is 0 Å². The minimum Gasteiger partial charge on any atom is -0.481 e. The number of rotatable bonds is 4. The molecule has 0 bridgehead atoms. The first-order valence-corrected chi connectivity index (χ1v) is 9.18. The average molecular weight is 445 g/mol. The molecule has 6 nitrogen and oxygen atoms in total. The van der Waals surface area contributed by atoms with Gasteiger partial charge in [0.1, 0.15) is 11.6 Å². The highest BCUT2D eigenvalue weighted by molar-refractivity contribution is 9.10. The molecular weight excluding hydrogens is 431 g/mol. The summed E-state index contributed by atoms with van der Waals surface area (Å²) in [6.07, 6.45) is 0. The highest BCUT2D eigenvalue weighted by Gasteiger charge is 2.27. The standard InChI is InChI=1S/C20H14BrFN2O4/c21-18-8-7-16(28-18)20(26)23-13-5-6-15-17(9-13)27-11-19(25)24(15)10-12-3-1-2-4-14(12)22/h1-9H,10-11H2,(H,23,26). The molecule has 1 N–H and O–H groups in total. The van der Waals surface area contributed by atoms with Crippen LogP contribution >= 0.6 is 15.9 Å². The van der Waals surface area contributed by atoms with Crippen LogP contribution in [0.15, 0.2) is 63.7 Å². The number of hydrogen-bond donors (Lipinski definition) is 1. The number of nitrogens with one attached hydrogen (secondary N) is 1. The van der Waals surface area contributed by atoms with Crippen molar-refractivity contribution in [1.29, 1.82) is 0 Å². The molecule has 0 radical (unpaired) electrons. The third kappa shape index (κ3) is 3.63. The molecule has 4 rings (SSSR count). The van der Waals surface area contributed by atoms with Crippen molar-refractivity contribution in [3.63, 3.8) is 0 Å². The maximum atomic E-state index is 14.0. The third-order valence-corrected chi connectivity index (χ3v) is 4.67. The number of benzene rings is 2. The minimum absolute atomic E-state index is 0.0913. The Hall–Kier alpha value is -3.13. The maximum absolute atomic E-state index is 14.0. The Morgan fingerprint density at radius 3 is 2.75 bits per heavy atom. The van der Waals surface area contributed by atoms with Gasteiger partial charge < -0.3 is 19.4 Å². The van der Waals surface area contributed by atoms with Gasteiger partial charge in [0.05, 0.1) is 12.2 Å². The summed E-state index contributed by atoms with van der Waals surface area (Å²) in [5, 5.41) is 2.71. The molecule has 1 aliphatic heterocycles. The Balaban J connectivity index is 1.57. The van der Waals surface area contributed by atoms with Crippen LogP contribution in [0, 0.1) is 5.82 Å². The molecule has 0 saturated carbocycles. The van der Waals surface area contributed by atoms with E-state index in [4.69, 9.17) is 9.15 Å². The number of hydrogen-bond acceptors (Lipinski definition) is 4. The van der Waals surface area contributed by atoms with Crippen molar-refractivity contribution in [2.75, 3.05) is 16.8 Å². The molecule has 0 atom stereocenters. The monoisotopic (exact) mass is 444 g/mol. The van der Waals surface area contributed by atoms with Crippen molar-refractivity contribution in [3.8, 4) is 5.75 Å². The largest absolute Gasteiger partial charge is 0.481 e. The molecule has 8 heteroatoms. The van der Waals surface area contributed by atoms with Crippen molar-refractivity contribution in [2.45, 2.75) is 6.54 Å². The van der Waals surface area contributed by atoms with Crippen LogP contribution < -0.4 is 15.0 Å². The zero-order valence-electron chi connectivity index (χ0n) is 14.4. The Labute approximate surface area is 168 Å². The topological polar surface area (TPSA) is 71.8 Å². The van der Waals surface area contributed by atoms with Crippen LogP contribution in [-0.4, -0.2) is 18.4 Å². The highest BCUT2D eigenvalue weighted by atomic mass is 79.9. The SMILES string of the molecule is O=C(Nc1ccc2c(c1)OCC(=O)N2Cc1ccccc1F)c1ccc(Br)o1. The summed E-state index contributed by atoms with van der Waals surface area (Å²) in [5.41, 5.74) is 1.40. The number of halogens is 2. The number of carbonyl (C=O) groups is 2. The molecule has 0 saturated heterocycles. The van der Waals surface area contributed by atoms with Crippen molar-refractivity contribution >= 4 is 39.1 Å². The van der Waals surface area contributed by atoms with E-state index in [2.05, 4.69) is 21.2 Å². The summed E-state index contributed by atoms with van der Waals surface area (Å²) >= 11 is 3.15. The number of anilines is 2. The molecule has 142 valence electrons. The molecule has 3 aromatic rings. The van der Waals surface area contributed by atoms with Gasteiger partial charge in [-0.2, -0.15) is 0 Å². The first kappa shape index (κ1) is 18.2. The van der Waals surface area contributed by atoms with Gasteiger partial charge in [0.15, 0.2) is 17.0 Å². The van der Waals surface area contributed by atoms with Gasteiger partial charge in [-0.1, -0.05) is 18.2 Å². The average Bonchev–Trinajstić information content (AvgIpc) is 3.12. The van der Waals surface area contributed by atoms with E-state index >= 15 is 0 Å². The minimum atomic E-state index is -0.416. The summed E-state index contributed by atoms with van der Waals surface area (Å²) in [6.45, 7) is -0.0715. The van der Waals surface area contributed by atoms with Crippen molar-refractivity contribution < 1.29 is 23.1 Å². The summed E-state index contributed by atoms with van der Waals surface area (Å²) in [5.74, 6) is -0.484. The number of furan rings is 1. The third-order valence-electron chi connectivity index (χ3n) is 4.24. The van der Waals surface area contributed by atoms with Crippen LogP contribution in [0.5, 0.6) is 5.75 Å². The summed E-state index contributed by atoms with van der Waals surface area (Å²) in [7, 11) is 0. The molecule has 0 aliphatic carbocycles. The lowest BCUT2D eigenvalue weighted by molar-refractivity contribution is -0.121. The molecule has 1 aromatic heterocycles. The predicted octanol–water partition coefficient (Wildman–Crippen LogP) is 4.36. The van der Waals surface area contributed by atoms with Gasteiger partial charge in [-0.05, 0) is 46.3 Å². The lowest BCUT2D eigenvalue weighted by Gasteiger charge is -2.30. The summed E-state index contributed by atoms with van der Waals surface area (Å²) in [4.78, 5) is 26.0. The van der Waals surface area contributed by atoms with Crippen molar-refractivity contribution in [1.82, 2.24) is 0 Å². The first-order valence-electron chi connectivity index (χ1n) is 8.38. The summed E-state index contributed by atoms with van der Waals surface area (Å²) in [6, 6.07) is 14.4. The van der Waals surface area contributed by atoms with Gasteiger partial charge in [-0.25, -0.2) is 4.39 Å². The van der Waals surface area contributed by atoms with Crippen molar-refractivity contribution in [3.05, 3.63) is 76.4 Å². The van der Waals surface area contributed by atoms with E-state index in [0.717, 1.165) is 0 Å². The number of fused-ring (bicyclic) bond motifs is 1.